The van der Waals surface area contributed by atoms with Crippen LogP contribution in [-0.2, 0) is 14.3 Å². The highest BCUT2D eigenvalue weighted by molar-refractivity contribution is 6.15. The Morgan fingerprint density at radius 1 is 1.23 bits per heavy atom. The Bertz CT molecular complexity index is 1060. The van der Waals surface area contributed by atoms with Crippen molar-refractivity contribution in [2.75, 3.05) is 19.7 Å². The van der Waals surface area contributed by atoms with Crippen molar-refractivity contribution in [3.05, 3.63) is 54.5 Å². The number of ether oxygens (including phenoxy) is 1. The van der Waals surface area contributed by atoms with Crippen LogP contribution < -0.4 is 0 Å². The molecule has 0 radical (unpaired) electrons. The molecule has 1 atom stereocenters. The topological polar surface area (TPSA) is 103 Å². The standard InChI is InChI=1S/C22H23N5O4/c1-16-7-5-11-26(14-16)20(28)15-31-22(29)19(13-18-10-6-12-30-18)27-21(23-24-25-27)17-8-3-2-4-9-17/h2-4,6,8-10,12-13,16H,5,7,11,14-15H2,1H3/b19-13-/t16-/m0/s1. The average Bonchev–Trinajstić information content (AvgIpc) is 3.48. The summed E-state index contributed by atoms with van der Waals surface area (Å²) in [4.78, 5) is 27.2. The predicted octanol–water partition coefficient (Wildman–Crippen LogP) is 2.73. The number of amides is 1. The zero-order chi connectivity index (χ0) is 21.6. The molecule has 9 heteroatoms. The van der Waals surface area contributed by atoms with Crippen LogP contribution in [0.5, 0.6) is 0 Å². The third kappa shape index (κ3) is 4.88. The van der Waals surface area contributed by atoms with Gasteiger partial charge in [0.1, 0.15) is 5.76 Å². The SMILES string of the molecule is C[C@H]1CCCN(C(=O)COC(=O)/C(=C/c2ccco2)n2nnnc2-c2ccccc2)C1. The number of nitrogens with zero attached hydrogens (tertiary/aromatic N) is 5. The van der Waals surface area contributed by atoms with Crippen LogP contribution in [0.15, 0.2) is 53.1 Å². The minimum absolute atomic E-state index is 0.0404. The molecule has 2 aromatic heterocycles. The lowest BCUT2D eigenvalue weighted by atomic mass is 10.0. The summed E-state index contributed by atoms with van der Waals surface area (Å²) in [7, 11) is 0. The predicted molar refractivity (Wildman–Crippen MR) is 112 cm³/mol. The lowest BCUT2D eigenvalue weighted by Crippen LogP contribution is -2.41. The van der Waals surface area contributed by atoms with E-state index in [1.807, 2.05) is 30.3 Å². The maximum atomic E-state index is 13.0. The molecule has 0 spiro atoms. The molecule has 0 saturated carbocycles. The number of tetrazole rings is 1. The number of aromatic nitrogens is 4. The highest BCUT2D eigenvalue weighted by Crippen LogP contribution is 2.21. The van der Waals surface area contributed by atoms with Crippen molar-refractivity contribution >= 4 is 23.6 Å². The average molecular weight is 421 g/mol. The summed E-state index contributed by atoms with van der Waals surface area (Å²) in [6, 6.07) is 12.6. The molecule has 0 bridgehead atoms. The van der Waals surface area contributed by atoms with Crippen LogP contribution in [0.1, 0.15) is 25.5 Å². The van der Waals surface area contributed by atoms with Crippen molar-refractivity contribution in [3.8, 4) is 11.4 Å². The summed E-state index contributed by atoms with van der Waals surface area (Å²) < 4.78 is 12.0. The van der Waals surface area contributed by atoms with Crippen LogP contribution in [0.4, 0.5) is 0 Å². The second-order valence-corrected chi connectivity index (χ2v) is 7.49. The molecule has 1 saturated heterocycles. The van der Waals surface area contributed by atoms with Crippen LogP contribution >= 0.6 is 0 Å². The Balaban J connectivity index is 1.56. The van der Waals surface area contributed by atoms with Crippen molar-refractivity contribution in [2.45, 2.75) is 19.8 Å². The van der Waals surface area contributed by atoms with Crippen LogP contribution in [0.2, 0.25) is 0 Å². The first-order chi connectivity index (χ1) is 15.1. The monoisotopic (exact) mass is 421 g/mol. The number of likely N-dealkylation sites (tertiary alicyclic amines) is 1. The van der Waals surface area contributed by atoms with Crippen molar-refractivity contribution in [3.63, 3.8) is 0 Å². The van der Waals surface area contributed by atoms with Gasteiger partial charge in [0.25, 0.3) is 5.91 Å². The fourth-order valence-corrected chi connectivity index (χ4v) is 3.54. The highest BCUT2D eigenvalue weighted by atomic mass is 16.5. The number of hydrogen-bond acceptors (Lipinski definition) is 7. The van der Waals surface area contributed by atoms with Gasteiger partial charge in [-0.05, 0) is 41.3 Å². The molecule has 0 N–H and O–H groups in total. The van der Waals surface area contributed by atoms with Gasteiger partial charge in [0.15, 0.2) is 18.1 Å². The van der Waals surface area contributed by atoms with Crippen molar-refractivity contribution < 1.29 is 18.7 Å². The Morgan fingerprint density at radius 3 is 2.81 bits per heavy atom. The number of furan rings is 1. The normalized spacial score (nSPS) is 16.9. The number of benzene rings is 1. The zero-order valence-corrected chi connectivity index (χ0v) is 17.2. The molecule has 3 heterocycles. The Kier molecular flexibility index (Phi) is 6.21. The summed E-state index contributed by atoms with van der Waals surface area (Å²) in [5.74, 6) is 0.304. The van der Waals surface area contributed by atoms with E-state index in [-0.39, 0.29) is 18.2 Å². The minimum Gasteiger partial charge on any atom is -0.465 e. The maximum absolute atomic E-state index is 13.0. The fraction of sp³-hybridized carbons (Fsp3) is 0.318. The molecule has 1 fully saturated rings. The molecular weight excluding hydrogens is 398 g/mol. The molecular formula is C22H23N5O4. The van der Waals surface area contributed by atoms with Gasteiger partial charge in [-0.2, -0.15) is 4.68 Å². The van der Waals surface area contributed by atoms with Gasteiger partial charge in [0.2, 0.25) is 0 Å². The van der Waals surface area contributed by atoms with Gasteiger partial charge in [-0.25, -0.2) is 4.79 Å². The number of esters is 1. The Morgan fingerprint density at radius 2 is 2.06 bits per heavy atom. The number of hydrogen-bond donors (Lipinski definition) is 0. The Hall–Kier alpha value is -3.75. The first-order valence-electron chi connectivity index (χ1n) is 10.2. The van der Waals surface area contributed by atoms with E-state index in [0.717, 1.165) is 18.4 Å². The van der Waals surface area contributed by atoms with E-state index in [9.17, 15) is 9.59 Å². The number of carbonyl (C=O) groups is 2. The number of piperidine rings is 1. The summed E-state index contributed by atoms with van der Waals surface area (Å²) in [6.45, 7) is 3.12. The first kappa shape index (κ1) is 20.5. The molecule has 0 unspecified atom stereocenters. The molecule has 3 aromatic rings. The number of rotatable bonds is 6. The Labute approximate surface area is 179 Å². The third-order valence-corrected chi connectivity index (χ3v) is 5.10. The molecule has 160 valence electrons. The van der Waals surface area contributed by atoms with E-state index in [1.54, 1.807) is 17.0 Å². The second-order valence-electron chi connectivity index (χ2n) is 7.49. The fourth-order valence-electron chi connectivity index (χ4n) is 3.54. The highest BCUT2D eigenvalue weighted by Gasteiger charge is 2.25. The lowest BCUT2D eigenvalue weighted by molar-refractivity contribution is -0.148. The molecule has 0 aliphatic carbocycles. The van der Waals surface area contributed by atoms with Crippen molar-refractivity contribution in [1.82, 2.24) is 25.1 Å². The smallest absolute Gasteiger partial charge is 0.357 e. The summed E-state index contributed by atoms with van der Waals surface area (Å²) in [5, 5.41) is 11.7. The summed E-state index contributed by atoms with van der Waals surface area (Å²) in [5.41, 5.74) is 0.766. The third-order valence-electron chi connectivity index (χ3n) is 5.10. The van der Waals surface area contributed by atoms with E-state index in [0.29, 0.717) is 30.6 Å². The van der Waals surface area contributed by atoms with Crippen molar-refractivity contribution in [2.24, 2.45) is 5.92 Å². The van der Waals surface area contributed by atoms with E-state index in [4.69, 9.17) is 9.15 Å². The van der Waals surface area contributed by atoms with E-state index in [1.165, 1.54) is 17.0 Å². The van der Waals surface area contributed by atoms with Crippen LogP contribution in [-0.4, -0.2) is 56.7 Å². The molecule has 9 nitrogen and oxygen atoms in total. The second kappa shape index (κ2) is 9.38. The van der Waals surface area contributed by atoms with Crippen molar-refractivity contribution in [1.29, 1.82) is 0 Å². The van der Waals surface area contributed by atoms with Gasteiger partial charge in [-0.3, -0.25) is 4.79 Å². The van der Waals surface area contributed by atoms with Gasteiger partial charge in [0.05, 0.1) is 6.26 Å². The van der Waals surface area contributed by atoms with Gasteiger partial charge in [-0.15, -0.1) is 5.10 Å². The van der Waals surface area contributed by atoms with E-state index < -0.39 is 5.97 Å². The first-order valence-corrected chi connectivity index (χ1v) is 10.2. The van der Waals surface area contributed by atoms with Crippen LogP contribution in [0.3, 0.4) is 0 Å². The molecule has 4 rings (SSSR count). The summed E-state index contributed by atoms with van der Waals surface area (Å²) >= 11 is 0. The molecule has 1 aliphatic rings. The molecule has 1 aliphatic heterocycles. The zero-order valence-electron chi connectivity index (χ0n) is 17.2. The maximum Gasteiger partial charge on any atom is 0.357 e. The minimum atomic E-state index is -0.723. The van der Waals surface area contributed by atoms with Gasteiger partial charge >= 0.3 is 5.97 Å². The largest absolute Gasteiger partial charge is 0.465 e. The van der Waals surface area contributed by atoms with Crippen LogP contribution in [0.25, 0.3) is 23.2 Å². The lowest BCUT2D eigenvalue weighted by Gasteiger charge is -2.30. The molecule has 1 amide bonds. The van der Waals surface area contributed by atoms with Gasteiger partial charge < -0.3 is 14.1 Å². The van der Waals surface area contributed by atoms with E-state index in [2.05, 4.69) is 22.4 Å². The molecule has 1 aromatic carbocycles. The van der Waals surface area contributed by atoms with Gasteiger partial charge in [0, 0.05) is 24.7 Å². The van der Waals surface area contributed by atoms with Gasteiger partial charge in [-0.1, -0.05) is 37.3 Å². The molecule has 31 heavy (non-hydrogen) atoms. The summed E-state index contributed by atoms with van der Waals surface area (Å²) in [6.07, 6.45) is 5.03. The van der Waals surface area contributed by atoms with E-state index >= 15 is 0 Å². The number of carbonyl (C=O) groups excluding carboxylic acids is 2. The van der Waals surface area contributed by atoms with Crippen LogP contribution in [0, 0.1) is 5.92 Å². The quantitative estimate of drug-likeness (QED) is 0.445.